The molecule has 0 bridgehead atoms. The smallest absolute Gasteiger partial charge is 0.0595 e. The Morgan fingerprint density at radius 3 is 2.48 bits per heavy atom. The van der Waals surface area contributed by atoms with E-state index < -0.39 is 0 Å². The first-order valence-electron chi connectivity index (χ1n) is 7.33. The quantitative estimate of drug-likeness (QED) is 0.772. The predicted molar refractivity (Wildman–Crippen MR) is 90.5 cm³/mol. The normalized spacial score (nSPS) is 21.1. The summed E-state index contributed by atoms with van der Waals surface area (Å²) in [5, 5.41) is 4.69. The molecule has 0 spiro atoms. The van der Waals surface area contributed by atoms with Crippen molar-refractivity contribution >= 4 is 23.2 Å². The molecule has 0 saturated carbocycles. The monoisotopic (exact) mass is 319 g/mol. The maximum absolute atomic E-state index is 6.20. The van der Waals surface area contributed by atoms with Gasteiger partial charge in [-0.25, -0.2) is 0 Å². The lowest BCUT2D eigenvalue weighted by Crippen LogP contribution is -2.24. The van der Waals surface area contributed by atoms with Gasteiger partial charge in [0.05, 0.1) is 10.0 Å². The van der Waals surface area contributed by atoms with Crippen LogP contribution in [0.5, 0.6) is 0 Å². The van der Waals surface area contributed by atoms with Crippen LogP contribution in [0, 0.1) is 6.92 Å². The van der Waals surface area contributed by atoms with Gasteiger partial charge in [0.1, 0.15) is 0 Å². The summed E-state index contributed by atoms with van der Waals surface area (Å²) in [7, 11) is 2.04. The molecule has 21 heavy (non-hydrogen) atoms. The second kappa shape index (κ2) is 6.00. The molecule has 2 aromatic carbocycles. The van der Waals surface area contributed by atoms with E-state index in [1.54, 1.807) is 0 Å². The zero-order valence-electron chi connectivity index (χ0n) is 12.3. The van der Waals surface area contributed by atoms with Crippen molar-refractivity contribution in [3.05, 3.63) is 68.7 Å². The third-order valence-corrected chi connectivity index (χ3v) is 5.17. The van der Waals surface area contributed by atoms with Crippen molar-refractivity contribution < 1.29 is 0 Å². The molecule has 0 aliphatic heterocycles. The molecule has 0 saturated heterocycles. The van der Waals surface area contributed by atoms with Gasteiger partial charge in [0.15, 0.2) is 0 Å². The second-order valence-electron chi connectivity index (χ2n) is 5.78. The van der Waals surface area contributed by atoms with Gasteiger partial charge < -0.3 is 5.32 Å². The number of hydrogen-bond donors (Lipinski definition) is 1. The Morgan fingerprint density at radius 2 is 1.76 bits per heavy atom. The van der Waals surface area contributed by atoms with E-state index in [1.165, 1.54) is 22.3 Å². The highest BCUT2D eigenvalue weighted by molar-refractivity contribution is 6.42. The summed E-state index contributed by atoms with van der Waals surface area (Å²) in [5.41, 5.74) is 5.39. The molecule has 0 fully saturated rings. The largest absolute Gasteiger partial charge is 0.313 e. The molecule has 0 heterocycles. The Hall–Kier alpha value is -1.02. The van der Waals surface area contributed by atoms with Gasteiger partial charge in [-0.2, -0.15) is 0 Å². The molecular weight excluding hydrogens is 301 g/mol. The van der Waals surface area contributed by atoms with Crippen LogP contribution in [-0.4, -0.2) is 7.05 Å². The van der Waals surface area contributed by atoms with Crippen LogP contribution in [0.4, 0.5) is 0 Å². The number of hydrogen-bond acceptors (Lipinski definition) is 1. The first kappa shape index (κ1) is 14.9. The lowest BCUT2D eigenvalue weighted by Gasteiger charge is -2.32. The molecule has 2 unspecified atom stereocenters. The molecule has 1 aliphatic rings. The maximum Gasteiger partial charge on any atom is 0.0595 e. The predicted octanol–water partition coefficient (Wildman–Crippen LogP) is 5.49. The molecule has 0 aromatic heterocycles. The van der Waals surface area contributed by atoms with Gasteiger partial charge in [0.25, 0.3) is 0 Å². The minimum atomic E-state index is 0.403. The minimum absolute atomic E-state index is 0.403. The highest BCUT2D eigenvalue weighted by Crippen LogP contribution is 2.42. The number of benzene rings is 2. The van der Waals surface area contributed by atoms with E-state index in [-0.39, 0.29) is 0 Å². The topological polar surface area (TPSA) is 12.0 Å². The summed E-state index contributed by atoms with van der Waals surface area (Å²) in [6.07, 6.45) is 2.26. The number of fused-ring (bicyclic) bond motifs is 1. The third-order valence-electron chi connectivity index (χ3n) is 4.43. The van der Waals surface area contributed by atoms with Crippen molar-refractivity contribution in [1.29, 1.82) is 0 Å². The van der Waals surface area contributed by atoms with E-state index in [4.69, 9.17) is 23.2 Å². The molecule has 0 radical (unpaired) electrons. The van der Waals surface area contributed by atoms with E-state index >= 15 is 0 Å². The Balaban J connectivity index is 2.07. The number of nitrogens with one attached hydrogen (secondary N) is 1. The van der Waals surface area contributed by atoms with Gasteiger partial charge in [-0.1, -0.05) is 53.0 Å². The zero-order chi connectivity index (χ0) is 15.0. The SMILES string of the molecule is CNC1CCC(c2ccc(Cl)c(Cl)c2)c2ccc(C)cc21. The Labute approximate surface area is 136 Å². The van der Waals surface area contributed by atoms with Crippen LogP contribution in [0.1, 0.15) is 47.1 Å². The van der Waals surface area contributed by atoms with Crippen LogP contribution in [-0.2, 0) is 0 Å². The Morgan fingerprint density at radius 1 is 0.952 bits per heavy atom. The van der Waals surface area contributed by atoms with Crippen molar-refractivity contribution in [3.8, 4) is 0 Å². The van der Waals surface area contributed by atoms with Crippen molar-refractivity contribution in [2.24, 2.45) is 0 Å². The van der Waals surface area contributed by atoms with Gasteiger partial charge in [-0.05, 0) is 55.6 Å². The summed E-state index contributed by atoms with van der Waals surface area (Å²) in [6.45, 7) is 2.15. The number of rotatable bonds is 2. The first-order valence-corrected chi connectivity index (χ1v) is 8.08. The highest BCUT2D eigenvalue weighted by Gasteiger charge is 2.27. The Kier molecular flexibility index (Phi) is 4.26. The van der Waals surface area contributed by atoms with Crippen molar-refractivity contribution in [2.75, 3.05) is 7.05 Å². The minimum Gasteiger partial charge on any atom is -0.313 e. The lowest BCUT2D eigenvalue weighted by atomic mass is 9.76. The number of aryl methyl sites for hydroxylation is 1. The average molecular weight is 320 g/mol. The maximum atomic E-state index is 6.20. The summed E-state index contributed by atoms with van der Waals surface area (Å²) in [5.74, 6) is 0.403. The molecule has 1 aliphatic carbocycles. The van der Waals surface area contributed by atoms with Gasteiger partial charge in [0.2, 0.25) is 0 Å². The Bertz CT molecular complexity index is 666. The molecule has 1 nitrogen and oxygen atoms in total. The third kappa shape index (κ3) is 2.83. The van der Waals surface area contributed by atoms with Crippen LogP contribution in [0.15, 0.2) is 36.4 Å². The van der Waals surface area contributed by atoms with Gasteiger partial charge in [-0.3, -0.25) is 0 Å². The van der Waals surface area contributed by atoms with E-state index in [2.05, 4.69) is 36.5 Å². The van der Waals surface area contributed by atoms with Gasteiger partial charge in [-0.15, -0.1) is 0 Å². The van der Waals surface area contributed by atoms with E-state index in [0.29, 0.717) is 22.0 Å². The van der Waals surface area contributed by atoms with Crippen LogP contribution < -0.4 is 5.32 Å². The molecule has 110 valence electrons. The van der Waals surface area contributed by atoms with Gasteiger partial charge >= 0.3 is 0 Å². The summed E-state index contributed by atoms with van der Waals surface area (Å²) < 4.78 is 0. The standard InChI is InChI=1S/C18H19Cl2N/c1-11-3-5-14-13(6-8-18(21-2)15(14)9-11)12-4-7-16(19)17(20)10-12/h3-5,7,9-10,13,18,21H,6,8H2,1-2H3. The molecule has 0 amide bonds. The van der Waals surface area contributed by atoms with Crippen molar-refractivity contribution in [3.63, 3.8) is 0 Å². The van der Waals surface area contributed by atoms with Crippen LogP contribution in [0.25, 0.3) is 0 Å². The van der Waals surface area contributed by atoms with Crippen LogP contribution in [0.2, 0.25) is 10.0 Å². The fraction of sp³-hybridized carbons (Fsp3) is 0.333. The second-order valence-corrected chi connectivity index (χ2v) is 6.59. The summed E-state index contributed by atoms with van der Waals surface area (Å²) >= 11 is 12.2. The summed E-state index contributed by atoms with van der Waals surface area (Å²) in [6, 6.07) is 13.2. The molecule has 1 N–H and O–H groups in total. The van der Waals surface area contributed by atoms with E-state index in [9.17, 15) is 0 Å². The molecule has 2 atom stereocenters. The zero-order valence-corrected chi connectivity index (χ0v) is 13.8. The molecular formula is C18H19Cl2N. The molecule has 3 heteroatoms. The van der Waals surface area contributed by atoms with Crippen LogP contribution in [0.3, 0.4) is 0 Å². The fourth-order valence-electron chi connectivity index (χ4n) is 3.33. The van der Waals surface area contributed by atoms with Crippen molar-refractivity contribution in [2.45, 2.75) is 31.7 Å². The first-order chi connectivity index (χ1) is 10.1. The summed E-state index contributed by atoms with van der Waals surface area (Å²) in [4.78, 5) is 0. The lowest BCUT2D eigenvalue weighted by molar-refractivity contribution is 0.470. The molecule has 3 rings (SSSR count). The van der Waals surface area contributed by atoms with E-state index in [1.807, 2.05) is 19.2 Å². The average Bonchev–Trinajstić information content (AvgIpc) is 2.49. The highest BCUT2D eigenvalue weighted by atomic mass is 35.5. The van der Waals surface area contributed by atoms with Crippen LogP contribution >= 0.6 is 23.2 Å². The molecule has 2 aromatic rings. The number of halogens is 2. The van der Waals surface area contributed by atoms with E-state index in [0.717, 1.165) is 12.8 Å². The van der Waals surface area contributed by atoms with Crippen molar-refractivity contribution in [1.82, 2.24) is 5.32 Å². The fourth-order valence-corrected chi connectivity index (χ4v) is 3.64. The van der Waals surface area contributed by atoms with Gasteiger partial charge in [0, 0.05) is 12.0 Å².